The van der Waals surface area contributed by atoms with E-state index in [1.165, 1.54) is 12.1 Å². The minimum atomic E-state index is -1.71. The van der Waals surface area contributed by atoms with Crippen molar-refractivity contribution in [3.8, 4) is 11.5 Å². The van der Waals surface area contributed by atoms with Crippen LogP contribution in [0.5, 0.6) is 11.5 Å². The Balaban J connectivity index is 1.96. The SMILES string of the molecule is Cc1cc(C2(c3cc(C)c(O)c(CN(CC(=O)O)CC(=O)O)c3)OC(=O)c3ccccc32)cc(CN(CC(=O)O)CC(=O)O)c1O. The van der Waals surface area contributed by atoms with Gasteiger partial charge in [0.1, 0.15) is 11.5 Å². The molecule has 242 valence electrons. The molecule has 0 spiro atoms. The normalized spacial score (nSPS) is 13.4. The molecule has 0 unspecified atom stereocenters. The summed E-state index contributed by atoms with van der Waals surface area (Å²) >= 11 is 0. The second-order valence-electron chi connectivity index (χ2n) is 11.1. The van der Waals surface area contributed by atoms with E-state index in [1.54, 1.807) is 50.2 Å². The fraction of sp³-hybridized carbons (Fsp3) is 0.281. The van der Waals surface area contributed by atoms with Gasteiger partial charge in [-0.2, -0.15) is 0 Å². The van der Waals surface area contributed by atoms with Crippen molar-refractivity contribution in [3.63, 3.8) is 0 Å². The highest BCUT2D eigenvalue weighted by Gasteiger charge is 2.49. The first-order valence-corrected chi connectivity index (χ1v) is 13.9. The molecule has 0 saturated heterocycles. The third-order valence-electron chi connectivity index (χ3n) is 7.57. The van der Waals surface area contributed by atoms with Gasteiger partial charge in [0.15, 0.2) is 5.60 Å². The number of carboxylic acids is 4. The van der Waals surface area contributed by atoms with Crippen molar-refractivity contribution in [2.24, 2.45) is 0 Å². The van der Waals surface area contributed by atoms with Crippen molar-refractivity contribution in [2.45, 2.75) is 32.5 Å². The topological polar surface area (TPSA) is 222 Å². The fourth-order valence-corrected chi connectivity index (χ4v) is 5.75. The molecule has 1 aliphatic rings. The third-order valence-corrected chi connectivity index (χ3v) is 7.57. The Morgan fingerprint density at radius 3 is 1.46 bits per heavy atom. The Kier molecular flexibility index (Phi) is 9.63. The first-order chi connectivity index (χ1) is 21.6. The van der Waals surface area contributed by atoms with Gasteiger partial charge >= 0.3 is 29.8 Å². The van der Waals surface area contributed by atoms with Crippen LogP contribution in [0.1, 0.15) is 49.3 Å². The highest BCUT2D eigenvalue weighted by atomic mass is 16.6. The number of hydrogen-bond acceptors (Lipinski definition) is 10. The second-order valence-corrected chi connectivity index (χ2v) is 11.1. The number of carbonyl (C=O) groups is 5. The molecule has 14 nitrogen and oxygen atoms in total. The number of aryl methyl sites for hydroxylation is 2. The lowest BCUT2D eigenvalue weighted by Crippen LogP contribution is -2.35. The molecule has 6 N–H and O–H groups in total. The lowest BCUT2D eigenvalue weighted by atomic mass is 9.77. The Bertz CT molecular complexity index is 1610. The molecule has 46 heavy (non-hydrogen) atoms. The Hall–Kier alpha value is -5.47. The molecule has 1 heterocycles. The van der Waals surface area contributed by atoms with Gasteiger partial charge in [0.2, 0.25) is 0 Å². The zero-order valence-electron chi connectivity index (χ0n) is 24.9. The van der Waals surface area contributed by atoms with Crippen molar-refractivity contribution in [1.82, 2.24) is 9.80 Å². The number of aromatic hydroxyl groups is 2. The molecule has 0 amide bonds. The number of aliphatic carboxylic acids is 4. The largest absolute Gasteiger partial charge is 0.507 e. The molecule has 0 saturated carbocycles. The van der Waals surface area contributed by atoms with Gasteiger partial charge < -0.3 is 35.4 Å². The number of phenols is 2. The van der Waals surface area contributed by atoms with Gasteiger partial charge in [0.05, 0.1) is 31.7 Å². The zero-order chi connectivity index (χ0) is 33.9. The predicted molar refractivity (Wildman–Crippen MR) is 159 cm³/mol. The van der Waals surface area contributed by atoms with E-state index in [4.69, 9.17) is 4.74 Å². The van der Waals surface area contributed by atoms with E-state index in [2.05, 4.69) is 0 Å². The van der Waals surface area contributed by atoms with Crippen LogP contribution in [0.3, 0.4) is 0 Å². The predicted octanol–water partition coefficient (Wildman–Crippen LogP) is 2.12. The molecule has 0 radical (unpaired) electrons. The maximum atomic E-state index is 13.3. The molecule has 3 aromatic rings. The molecule has 0 bridgehead atoms. The number of carboxylic acid groups (broad SMARTS) is 4. The van der Waals surface area contributed by atoms with Crippen LogP contribution in [0, 0.1) is 13.8 Å². The smallest absolute Gasteiger partial charge is 0.340 e. The van der Waals surface area contributed by atoms with Gasteiger partial charge in [-0.3, -0.25) is 29.0 Å². The summed E-state index contributed by atoms with van der Waals surface area (Å²) in [6.45, 7) is 0.0158. The van der Waals surface area contributed by atoms with Crippen molar-refractivity contribution in [3.05, 3.63) is 93.0 Å². The second kappa shape index (κ2) is 13.3. The van der Waals surface area contributed by atoms with E-state index in [1.807, 2.05) is 0 Å². The standard InChI is InChI=1S/C32H32N2O12/c1-17-7-21(9-19(29(17)43)11-33(13-25(35)36)14-26(37)38)32(24-6-4-3-5-23(24)31(45)46-32)22-8-18(2)30(44)20(10-22)12-34(15-27(39)40)16-28(41)42/h3-10,43-44H,11-16H2,1-2H3,(H,35,36)(H,37,38)(H,39,40)(H,41,42). The Morgan fingerprint density at radius 1 is 0.674 bits per heavy atom. The maximum absolute atomic E-state index is 13.3. The molecule has 0 fully saturated rings. The summed E-state index contributed by atoms with van der Waals surface area (Å²) in [7, 11) is 0. The van der Waals surface area contributed by atoms with Crippen LogP contribution < -0.4 is 0 Å². The van der Waals surface area contributed by atoms with Gasteiger partial charge in [0.25, 0.3) is 0 Å². The summed E-state index contributed by atoms with van der Waals surface area (Å²) in [5.41, 5.74) is 0.459. The molecule has 14 heteroatoms. The van der Waals surface area contributed by atoms with Crippen molar-refractivity contribution in [2.75, 3.05) is 26.2 Å². The molecule has 0 aromatic heterocycles. The molecule has 3 aromatic carbocycles. The highest BCUT2D eigenvalue weighted by Crippen LogP contribution is 2.49. The number of rotatable bonds is 14. The molecular weight excluding hydrogens is 604 g/mol. The monoisotopic (exact) mass is 636 g/mol. The van der Waals surface area contributed by atoms with E-state index in [-0.39, 0.29) is 41.3 Å². The first-order valence-electron chi connectivity index (χ1n) is 13.9. The number of fused-ring (bicyclic) bond motifs is 1. The third kappa shape index (κ3) is 6.92. The van der Waals surface area contributed by atoms with Crippen LogP contribution in [-0.2, 0) is 42.6 Å². The van der Waals surface area contributed by atoms with Crippen LogP contribution >= 0.6 is 0 Å². The fourth-order valence-electron chi connectivity index (χ4n) is 5.75. The first kappa shape index (κ1) is 33.4. The number of nitrogens with zero attached hydrogens (tertiary/aromatic N) is 2. The molecule has 4 rings (SSSR count). The Morgan fingerprint density at radius 2 is 1.07 bits per heavy atom. The van der Waals surface area contributed by atoms with Crippen molar-refractivity contribution in [1.29, 1.82) is 0 Å². The average Bonchev–Trinajstić information content (AvgIpc) is 3.25. The lowest BCUT2D eigenvalue weighted by Gasteiger charge is -2.33. The lowest BCUT2D eigenvalue weighted by molar-refractivity contribution is -0.144. The van der Waals surface area contributed by atoms with Crippen molar-refractivity contribution >= 4 is 29.8 Å². The van der Waals surface area contributed by atoms with Crippen LogP contribution in [0.4, 0.5) is 0 Å². The number of benzene rings is 3. The zero-order valence-corrected chi connectivity index (χ0v) is 24.9. The van der Waals surface area contributed by atoms with E-state index < -0.39 is 61.6 Å². The van der Waals surface area contributed by atoms with Crippen molar-refractivity contribution < 1.29 is 59.3 Å². The van der Waals surface area contributed by atoms with E-state index in [0.29, 0.717) is 27.8 Å². The summed E-state index contributed by atoms with van der Waals surface area (Å²) in [4.78, 5) is 61.4. The van der Waals surface area contributed by atoms with Gasteiger partial charge in [-0.05, 0) is 55.3 Å². The summed E-state index contributed by atoms with van der Waals surface area (Å²) in [5.74, 6) is -6.26. The van der Waals surface area contributed by atoms with Gasteiger partial charge in [0, 0.05) is 40.9 Å². The summed E-state index contributed by atoms with van der Waals surface area (Å²) < 4.78 is 6.15. The van der Waals surface area contributed by atoms with Gasteiger partial charge in [-0.25, -0.2) is 4.79 Å². The number of ether oxygens (including phenoxy) is 1. The quantitative estimate of drug-likeness (QED) is 0.140. The van der Waals surface area contributed by atoms with E-state index >= 15 is 0 Å². The van der Waals surface area contributed by atoms with Crippen LogP contribution in [0.25, 0.3) is 0 Å². The maximum Gasteiger partial charge on any atom is 0.340 e. The van der Waals surface area contributed by atoms with Gasteiger partial charge in [-0.15, -0.1) is 0 Å². The summed E-state index contributed by atoms with van der Waals surface area (Å²) in [5, 5.41) is 59.3. The highest BCUT2D eigenvalue weighted by molar-refractivity contribution is 5.96. The minimum absolute atomic E-state index is 0.155. The van der Waals surface area contributed by atoms with Gasteiger partial charge in [-0.1, -0.05) is 18.2 Å². The van der Waals surface area contributed by atoms with Crippen LogP contribution in [0.2, 0.25) is 0 Å². The average molecular weight is 637 g/mol. The number of phenolic OH excluding ortho intramolecular Hbond substituents is 2. The number of cyclic esters (lactones) is 1. The molecular formula is C32H32N2O12. The molecule has 0 atom stereocenters. The number of hydrogen-bond donors (Lipinski definition) is 6. The van der Waals surface area contributed by atoms with Crippen LogP contribution in [0.15, 0.2) is 48.5 Å². The molecule has 0 aliphatic carbocycles. The number of carbonyl (C=O) groups excluding carboxylic acids is 1. The number of esters is 1. The molecule has 1 aliphatic heterocycles. The van der Waals surface area contributed by atoms with E-state index in [9.17, 15) is 54.6 Å². The minimum Gasteiger partial charge on any atom is -0.507 e. The summed E-state index contributed by atoms with van der Waals surface area (Å²) in [6.07, 6.45) is 0. The Labute approximate surface area is 262 Å². The van der Waals surface area contributed by atoms with E-state index in [0.717, 1.165) is 9.80 Å². The summed E-state index contributed by atoms with van der Waals surface area (Å²) in [6, 6.07) is 12.6. The van der Waals surface area contributed by atoms with Crippen LogP contribution in [-0.4, -0.2) is 96.5 Å².